The fourth-order valence-corrected chi connectivity index (χ4v) is 1.58. The van der Waals surface area contributed by atoms with Crippen LogP contribution >= 0.6 is 0 Å². The van der Waals surface area contributed by atoms with E-state index in [0.29, 0.717) is 5.82 Å². The fourth-order valence-electron chi connectivity index (χ4n) is 1.58. The van der Waals surface area contributed by atoms with Gasteiger partial charge in [-0.2, -0.15) is 4.98 Å². The first-order valence-corrected chi connectivity index (χ1v) is 5.76. The van der Waals surface area contributed by atoms with Crippen molar-refractivity contribution in [3.63, 3.8) is 0 Å². The zero-order valence-electron chi connectivity index (χ0n) is 10.4. The number of aromatic nitrogens is 3. The zero-order valence-corrected chi connectivity index (χ0v) is 10.4. The van der Waals surface area contributed by atoms with E-state index in [1.54, 1.807) is 12.4 Å². The summed E-state index contributed by atoms with van der Waals surface area (Å²) in [5.41, 5.74) is 1.87. The number of carboxylic acids is 1. The number of hydrogen-bond acceptors (Lipinski definition) is 6. The normalized spacial score (nSPS) is 10.6. The minimum Gasteiger partial charge on any atom is -0.480 e. The summed E-state index contributed by atoms with van der Waals surface area (Å²) in [7, 11) is 0. The lowest BCUT2D eigenvalue weighted by molar-refractivity contribution is -0.142. The first-order chi connectivity index (χ1) is 9.20. The zero-order chi connectivity index (χ0) is 13.7. The number of hydrogen-bond donors (Lipinski definition) is 1. The van der Waals surface area contributed by atoms with Crippen LogP contribution in [0.1, 0.15) is 18.4 Å². The maximum Gasteiger partial charge on any atom is 0.329 e. The summed E-state index contributed by atoms with van der Waals surface area (Å²) in [6.45, 7) is 1.59. The number of aryl methyl sites for hydroxylation is 1. The van der Waals surface area contributed by atoms with E-state index in [4.69, 9.17) is 14.4 Å². The van der Waals surface area contributed by atoms with Crippen molar-refractivity contribution in [1.29, 1.82) is 0 Å². The van der Waals surface area contributed by atoms with Gasteiger partial charge in [0, 0.05) is 18.0 Å². The summed E-state index contributed by atoms with van der Waals surface area (Å²) in [6.07, 6.45) is 4.22. The Morgan fingerprint density at radius 2 is 2.37 bits per heavy atom. The van der Waals surface area contributed by atoms with Crippen molar-refractivity contribution in [3.05, 3.63) is 29.9 Å². The molecule has 0 spiro atoms. The molecule has 0 bridgehead atoms. The van der Waals surface area contributed by atoms with Crippen LogP contribution in [0.25, 0.3) is 11.4 Å². The predicted molar refractivity (Wildman–Crippen MR) is 64.2 cm³/mol. The van der Waals surface area contributed by atoms with E-state index >= 15 is 0 Å². The second-order valence-electron chi connectivity index (χ2n) is 3.78. The monoisotopic (exact) mass is 263 g/mol. The van der Waals surface area contributed by atoms with Gasteiger partial charge in [-0.1, -0.05) is 12.1 Å². The number of aliphatic carboxylic acids is 1. The minimum atomic E-state index is -1.04. The van der Waals surface area contributed by atoms with Crippen LogP contribution in [0.5, 0.6) is 0 Å². The van der Waals surface area contributed by atoms with Crippen LogP contribution < -0.4 is 0 Å². The number of ether oxygens (including phenoxy) is 1. The smallest absolute Gasteiger partial charge is 0.329 e. The molecule has 0 aliphatic carbocycles. The maximum atomic E-state index is 10.3. The van der Waals surface area contributed by atoms with E-state index in [2.05, 4.69) is 15.1 Å². The molecule has 2 aromatic heterocycles. The second kappa shape index (κ2) is 6.05. The third kappa shape index (κ3) is 3.35. The molecule has 7 nitrogen and oxygen atoms in total. The summed E-state index contributed by atoms with van der Waals surface area (Å²) < 4.78 is 9.88. The van der Waals surface area contributed by atoms with Crippen LogP contribution in [0.3, 0.4) is 0 Å². The number of nitrogens with zero attached hydrogens (tertiary/aromatic N) is 3. The van der Waals surface area contributed by atoms with Gasteiger partial charge in [0.1, 0.15) is 13.2 Å². The molecule has 0 atom stereocenters. The van der Waals surface area contributed by atoms with Crippen molar-refractivity contribution in [1.82, 2.24) is 15.1 Å². The number of pyridine rings is 1. The minimum absolute atomic E-state index is 0.0220. The van der Waals surface area contributed by atoms with Gasteiger partial charge in [0.2, 0.25) is 5.82 Å². The standard InChI is InChI=1S/C12H13N3O4/c1-2-8-5-13-4-3-9(8)12-14-10(19-15-12)6-18-7-11(16)17/h3-5H,2,6-7H2,1H3,(H,16,17). The van der Waals surface area contributed by atoms with E-state index in [9.17, 15) is 4.79 Å². The Balaban J connectivity index is 2.10. The van der Waals surface area contributed by atoms with Gasteiger partial charge in [-0.25, -0.2) is 4.79 Å². The molecule has 2 aromatic rings. The van der Waals surface area contributed by atoms with Crippen molar-refractivity contribution in [3.8, 4) is 11.4 Å². The largest absolute Gasteiger partial charge is 0.480 e. The Kier molecular flexibility index (Phi) is 4.19. The molecule has 1 N–H and O–H groups in total. The van der Waals surface area contributed by atoms with Crippen molar-refractivity contribution in [2.75, 3.05) is 6.61 Å². The van der Waals surface area contributed by atoms with Crippen LogP contribution in [-0.4, -0.2) is 32.8 Å². The number of carboxylic acid groups (broad SMARTS) is 1. The highest BCUT2D eigenvalue weighted by Crippen LogP contribution is 2.20. The summed E-state index contributed by atoms with van der Waals surface area (Å²) >= 11 is 0. The molecule has 19 heavy (non-hydrogen) atoms. The van der Waals surface area contributed by atoms with Gasteiger partial charge >= 0.3 is 5.97 Å². The highest BCUT2D eigenvalue weighted by atomic mass is 16.5. The van der Waals surface area contributed by atoms with Gasteiger partial charge in [0.15, 0.2) is 0 Å². The Hall–Kier alpha value is -2.28. The summed E-state index contributed by atoms with van der Waals surface area (Å²) in [6, 6.07) is 1.81. The third-order valence-corrected chi connectivity index (χ3v) is 2.44. The van der Waals surface area contributed by atoms with Gasteiger partial charge in [0.25, 0.3) is 5.89 Å². The van der Waals surface area contributed by atoms with E-state index in [-0.39, 0.29) is 12.5 Å². The van der Waals surface area contributed by atoms with Crippen LogP contribution in [-0.2, 0) is 22.6 Å². The van der Waals surface area contributed by atoms with Crippen LogP contribution in [0, 0.1) is 0 Å². The average Bonchev–Trinajstić information content (AvgIpc) is 2.87. The molecule has 100 valence electrons. The molecule has 0 aromatic carbocycles. The highest BCUT2D eigenvalue weighted by molar-refractivity contribution is 5.68. The van der Waals surface area contributed by atoms with E-state index < -0.39 is 12.6 Å². The lowest BCUT2D eigenvalue weighted by Gasteiger charge is -2.00. The summed E-state index contributed by atoms with van der Waals surface area (Å²) in [4.78, 5) is 18.5. The summed E-state index contributed by atoms with van der Waals surface area (Å²) in [5.74, 6) is -0.342. The molecule has 0 saturated heterocycles. The number of rotatable bonds is 6. The lowest BCUT2D eigenvalue weighted by atomic mass is 10.1. The molecule has 0 aliphatic rings. The molecule has 0 unspecified atom stereocenters. The Morgan fingerprint density at radius 1 is 1.53 bits per heavy atom. The van der Waals surface area contributed by atoms with Gasteiger partial charge in [0.05, 0.1) is 0 Å². The quantitative estimate of drug-likeness (QED) is 0.838. The van der Waals surface area contributed by atoms with Gasteiger partial charge in [-0.05, 0) is 18.1 Å². The van der Waals surface area contributed by atoms with Crippen LogP contribution in [0.15, 0.2) is 23.0 Å². The molecule has 2 heterocycles. The molecule has 0 saturated carbocycles. The molecular weight excluding hydrogens is 250 g/mol. The van der Waals surface area contributed by atoms with Crippen LogP contribution in [0.4, 0.5) is 0 Å². The van der Waals surface area contributed by atoms with Crippen molar-refractivity contribution >= 4 is 5.97 Å². The van der Waals surface area contributed by atoms with E-state index in [1.165, 1.54) is 0 Å². The molecule has 0 amide bonds. The topological polar surface area (TPSA) is 98.3 Å². The summed E-state index contributed by atoms with van der Waals surface area (Å²) in [5, 5.41) is 12.3. The maximum absolute atomic E-state index is 10.3. The molecule has 0 fully saturated rings. The molecule has 0 aliphatic heterocycles. The SMILES string of the molecule is CCc1cnccc1-c1noc(COCC(=O)O)n1. The fraction of sp³-hybridized carbons (Fsp3) is 0.333. The van der Waals surface area contributed by atoms with Gasteiger partial charge < -0.3 is 14.4 Å². The van der Waals surface area contributed by atoms with Crippen LogP contribution in [0.2, 0.25) is 0 Å². The van der Waals surface area contributed by atoms with E-state index in [0.717, 1.165) is 17.5 Å². The third-order valence-electron chi connectivity index (χ3n) is 2.44. The molecule has 7 heteroatoms. The van der Waals surface area contributed by atoms with Crippen molar-refractivity contribution in [2.45, 2.75) is 20.0 Å². The average molecular weight is 263 g/mol. The molecule has 2 rings (SSSR count). The Labute approximate surface area is 109 Å². The highest BCUT2D eigenvalue weighted by Gasteiger charge is 2.12. The van der Waals surface area contributed by atoms with Gasteiger partial charge in [-0.3, -0.25) is 4.98 Å². The first-order valence-electron chi connectivity index (χ1n) is 5.76. The van der Waals surface area contributed by atoms with Crippen molar-refractivity contribution < 1.29 is 19.2 Å². The Morgan fingerprint density at radius 3 is 3.11 bits per heavy atom. The number of carbonyl (C=O) groups is 1. The van der Waals surface area contributed by atoms with E-state index in [1.807, 2.05) is 13.0 Å². The lowest BCUT2D eigenvalue weighted by Crippen LogP contribution is -2.06. The molecular formula is C12H13N3O4. The Bertz CT molecular complexity index is 568. The first kappa shape index (κ1) is 13.2. The second-order valence-corrected chi connectivity index (χ2v) is 3.78. The van der Waals surface area contributed by atoms with Gasteiger partial charge in [-0.15, -0.1) is 0 Å². The predicted octanol–water partition coefficient (Wildman–Crippen LogP) is 1.30. The van der Waals surface area contributed by atoms with Crippen molar-refractivity contribution in [2.24, 2.45) is 0 Å². The molecule has 0 radical (unpaired) electrons.